The van der Waals surface area contributed by atoms with E-state index in [0.29, 0.717) is 17.7 Å². The molecule has 0 aromatic carbocycles. The number of hydrogen-bond donors (Lipinski definition) is 1. The first-order valence-corrected chi connectivity index (χ1v) is 7.53. The number of nitrogens with zero attached hydrogens (tertiary/aromatic N) is 1. The molecular weight excluding hydrogens is 298 g/mol. The minimum atomic E-state index is -1.20. The lowest BCUT2D eigenvalue weighted by Gasteiger charge is -2.56. The molecule has 7 nitrogen and oxygen atoms in total. The maximum absolute atomic E-state index is 12.4. The fourth-order valence-electron chi connectivity index (χ4n) is 2.62. The summed E-state index contributed by atoms with van der Waals surface area (Å²) in [6.45, 7) is 2.96. The first kappa shape index (κ1) is 15.8. The Morgan fingerprint density at radius 1 is 1.52 bits per heavy atom. The van der Waals surface area contributed by atoms with E-state index in [9.17, 15) is 19.5 Å². The molecule has 2 atom stereocenters. The lowest BCUT2D eigenvalue weighted by molar-refractivity contribution is -0.184. The fourth-order valence-corrected chi connectivity index (χ4v) is 4.18. The third-order valence-corrected chi connectivity index (χ3v) is 5.17. The lowest BCUT2D eigenvalue weighted by atomic mass is 9.87. The second-order valence-corrected chi connectivity index (χ2v) is 5.89. The number of hydrogen-bond acceptors (Lipinski definition) is 6. The molecular formula is C13H17NO6S. The highest BCUT2D eigenvalue weighted by Crippen LogP contribution is 2.49. The van der Waals surface area contributed by atoms with Crippen LogP contribution in [0.2, 0.25) is 0 Å². The molecule has 1 amide bonds. The molecule has 0 aromatic heterocycles. The predicted molar refractivity (Wildman–Crippen MR) is 74.4 cm³/mol. The molecule has 116 valence electrons. The molecule has 2 rings (SSSR count). The summed E-state index contributed by atoms with van der Waals surface area (Å²) in [5.74, 6) is -1.66. The molecule has 0 radical (unpaired) electrons. The molecule has 0 spiro atoms. The molecule has 0 saturated carbocycles. The van der Waals surface area contributed by atoms with Crippen molar-refractivity contribution < 1.29 is 29.0 Å². The predicted octanol–water partition coefficient (Wildman–Crippen LogP) is 0.599. The second kappa shape index (κ2) is 5.69. The largest absolute Gasteiger partial charge is 0.477 e. The summed E-state index contributed by atoms with van der Waals surface area (Å²) in [5, 5.41) is 9.03. The maximum atomic E-state index is 12.4. The Kier molecular flexibility index (Phi) is 4.29. The number of aliphatic carboxylic acids is 1. The number of amides is 1. The average molecular weight is 315 g/mol. The van der Waals surface area contributed by atoms with Crippen molar-refractivity contribution >= 4 is 29.6 Å². The summed E-state index contributed by atoms with van der Waals surface area (Å²) in [7, 11) is 1.46. The zero-order valence-electron chi connectivity index (χ0n) is 12.0. The zero-order chi connectivity index (χ0) is 15.8. The Labute approximate surface area is 126 Å². The van der Waals surface area contributed by atoms with Crippen molar-refractivity contribution in [2.45, 2.75) is 31.2 Å². The number of carbonyl (C=O) groups is 3. The van der Waals surface area contributed by atoms with Crippen molar-refractivity contribution in [1.82, 2.24) is 4.90 Å². The fraction of sp³-hybridized carbons (Fsp3) is 0.615. The van der Waals surface area contributed by atoms with E-state index in [4.69, 9.17) is 9.47 Å². The van der Waals surface area contributed by atoms with Crippen LogP contribution in [0.1, 0.15) is 20.3 Å². The van der Waals surface area contributed by atoms with Crippen molar-refractivity contribution in [1.29, 1.82) is 0 Å². The van der Waals surface area contributed by atoms with Crippen LogP contribution in [0.15, 0.2) is 11.3 Å². The maximum Gasteiger partial charge on any atom is 0.352 e. The highest BCUT2D eigenvalue weighted by atomic mass is 32.2. The van der Waals surface area contributed by atoms with E-state index in [1.54, 1.807) is 0 Å². The third kappa shape index (κ3) is 2.32. The van der Waals surface area contributed by atoms with Crippen LogP contribution in [0.25, 0.3) is 0 Å². The summed E-state index contributed by atoms with van der Waals surface area (Å²) in [5.41, 5.74) is -0.627. The van der Waals surface area contributed by atoms with Crippen LogP contribution in [0.3, 0.4) is 0 Å². The third-order valence-electron chi connectivity index (χ3n) is 3.75. The standard InChI is InChI=1S/C13H17NO6S/c1-4-13(19-3)11(18)14-9(10(16)17)8(5-20-7(2)15)6-21-12(13)14/h12H,4-6H2,1-3H3,(H,16,17)/t12?,13-/m0/s1. The van der Waals surface area contributed by atoms with Crippen LogP contribution in [-0.2, 0) is 23.9 Å². The van der Waals surface area contributed by atoms with Crippen LogP contribution in [0.4, 0.5) is 0 Å². The van der Waals surface area contributed by atoms with Gasteiger partial charge in [-0.05, 0) is 6.42 Å². The van der Waals surface area contributed by atoms with E-state index in [1.807, 2.05) is 6.92 Å². The van der Waals surface area contributed by atoms with Crippen LogP contribution in [-0.4, -0.2) is 58.3 Å². The molecule has 2 heterocycles. The van der Waals surface area contributed by atoms with Crippen molar-refractivity contribution in [2.75, 3.05) is 19.5 Å². The molecule has 8 heteroatoms. The molecule has 2 aliphatic heterocycles. The number of β-lactam (4-membered cyclic amide) rings is 1. The monoisotopic (exact) mass is 315 g/mol. The van der Waals surface area contributed by atoms with Gasteiger partial charge in [0.2, 0.25) is 0 Å². The minimum absolute atomic E-state index is 0.0916. The van der Waals surface area contributed by atoms with Crippen LogP contribution in [0, 0.1) is 0 Å². The number of fused-ring (bicyclic) bond motifs is 1. The SMILES string of the molecule is CC[C@]1(OC)C(=O)N2C(C(=O)O)=C(COC(C)=O)CSC21. The molecule has 1 unspecified atom stereocenters. The van der Waals surface area contributed by atoms with Crippen LogP contribution < -0.4 is 0 Å². The topological polar surface area (TPSA) is 93.1 Å². The number of rotatable bonds is 5. The lowest BCUT2D eigenvalue weighted by Crippen LogP contribution is -2.74. The average Bonchev–Trinajstić information content (AvgIpc) is 2.45. The number of carboxylic acid groups (broad SMARTS) is 1. The van der Waals surface area contributed by atoms with Crippen molar-refractivity contribution in [2.24, 2.45) is 0 Å². The van der Waals surface area contributed by atoms with Gasteiger partial charge >= 0.3 is 11.9 Å². The Morgan fingerprint density at radius 3 is 2.67 bits per heavy atom. The summed E-state index contributed by atoms with van der Waals surface area (Å²) in [6.07, 6.45) is 0.475. The van der Waals surface area contributed by atoms with Crippen molar-refractivity contribution in [3.63, 3.8) is 0 Å². The van der Waals surface area contributed by atoms with Gasteiger partial charge in [0.15, 0.2) is 5.60 Å². The van der Waals surface area contributed by atoms with Gasteiger partial charge in [0.25, 0.3) is 5.91 Å². The van der Waals surface area contributed by atoms with E-state index in [-0.39, 0.29) is 23.6 Å². The van der Waals surface area contributed by atoms with Gasteiger partial charge < -0.3 is 14.6 Å². The summed E-state index contributed by atoms with van der Waals surface area (Å²) in [4.78, 5) is 36.0. The summed E-state index contributed by atoms with van der Waals surface area (Å²) >= 11 is 1.42. The van der Waals surface area contributed by atoms with Gasteiger partial charge in [-0.2, -0.15) is 0 Å². The molecule has 0 aromatic rings. The number of thioether (sulfide) groups is 1. The molecule has 0 aliphatic carbocycles. The highest BCUT2D eigenvalue weighted by molar-refractivity contribution is 8.00. The van der Waals surface area contributed by atoms with Gasteiger partial charge in [0, 0.05) is 25.4 Å². The van der Waals surface area contributed by atoms with Crippen LogP contribution in [0.5, 0.6) is 0 Å². The Balaban J connectivity index is 2.33. The summed E-state index contributed by atoms with van der Waals surface area (Å²) in [6, 6.07) is 0. The van der Waals surface area contributed by atoms with Gasteiger partial charge in [0.1, 0.15) is 17.7 Å². The Bertz CT molecular complexity index is 525. The van der Waals surface area contributed by atoms with Crippen molar-refractivity contribution in [3.8, 4) is 0 Å². The molecule has 1 N–H and O–H groups in total. The van der Waals surface area contributed by atoms with Gasteiger partial charge in [0.05, 0.1) is 0 Å². The van der Waals surface area contributed by atoms with Gasteiger partial charge in [-0.25, -0.2) is 4.79 Å². The molecule has 2 aliphatic rings. The smallest absolute Gasteiger partial charge is 0.352 e. The zero-order valence-corrected chi connectivity index (χ0v) is 12.9. The number of methoxy groups -OCH3 is 1. The van der Waals surface area contributed by atoms with Crippen LogP contribution >= 0.6 is 11.8 Å². The number of esters is 1. The van der Waals surface area contributed by atoms with Crippen molar-refractivity contribution in [3.05, 3.63) is 11.3 Å². The number of carboxylic acids is 1. The van der Waals surface area contributed by atoms with E-state index in [2.05, 4.69) is 0 Å². The van der Waals surface area contributed by atoms with Gasteiger partial charge in [-0.3, -0.25) is 14.5 Å². The molecule has 1 fully saturated rings. The molecule has 1 saturated heterocycles. The van der Waals surface area contributed by atoms with E-state index in [0.717, 1.165) is 0 Å². The van der Waals surface area contributed by atoms with E-state index in [1.165, 1.54) is 30.7 Å². The van der Waals surface area contributed by atoms with E-state index < -0.39 is 17.5 Å². The number of carbonyl (C=O) groups excluding carboxylic acids is 2. The summed E-state index contributed by atoms with van der Waals surface area (Å²) < 4.78 is 10.2. The molecule has 0 bridgehead atoms. The first-order chi connectivity index (χ1) is 9.89. The first-order valence-electron chi connectivity index (χ1n) is 6.48. The van der Waals surface area contributed by atoms with Gasteiger partial charge in [-0.15, -0.1) is 11.8 Å². The number of ether oxygens (including phenoxy) is 2. The Hall–Kier alpha value is -1.54. The van der Waals surface area contributed by atoms with Gasteiger partial charge in [-0.1, -0.05) is 6.92 Å². The Morgan fingerprint density at radius 2 is 2.19 bits per heavy atom. The second-order valence-electron chi connectivity index (χ2n) is 4.82. The van der Waals surface area contributed by atoms with E-state index >= 15 is 0 Å². The molecule has 21 heavy (non-hydrogen) atoms. The quantitative estimate of drug-likeness (QED) is 0.586. The normalized spacial score (nSPS) is 28.0. The highest BCUT2D eigenvalue weighted by Gasteiger charge is 2.64. The minimum Gasteiger partial charge on any atom is -0.477 e.